The number of nitriles is 1. The summed E-state index contributed by atoms with van der Waals surface area (Å²) in [6.45, 7) is 8.18. The van der Waals surface area contributed by atoms with Gasteiger partial charge in [0.15, 0.2) is 0 Å². The number of benzene rings is 1. The average molecular weight is 533 g/mol. The topological polar surface area (TPSA) is 92.5 Å². The highest BCUT2D eigenvalue weighted by molar-refractivity contribution is 6.08. The molecule has 5 heterocycles. The first kappa shape index (κ1) is 25.7. The number of carbonyl (C=O) groups is 1. The number of carbonyl (C=O) groups excluding carboxylic acids is 1. The highest BCUT2D eigenvalue weighted by atomic mass is 16.2. The number of amides is 2. The van der Waals surface area contributed by atoms with Crippen LogP contribution in [0.15, 0.2) is 60.9 Å². The molecule has 1 fully saturated rings. The van der Waals surface area contributed by atoms with Gasteiger partial charge in [0.1, 0.15) is 11.3 Å². The quantitative estimate of drug-likeness (QED) is 0.367. The maximum absolute atomic E-state index is 13.6. The number of hydrogen-bond donors (Lipinski definition) is 0. The molecule has 0 unspecified atom stereocenters. The lowest BCUT2D eigenvalue weighted by molar-refractivity contribution is 0.213. The Hall–Kier alpha value is -4.55. The van der Waals surface area contributed by atoms with E-state index in [9.17, 15) is 10.1 Å². The fourth-order valence-corrected chi connectivity index (χ4v) is 5.30. The van der Waals surface area contributed by atoms with Crippen LogP contribution in [-0.2, 0) is 12.0 Å². The van der Waals surface area contributed by atoms with Gasteiger partial charge in [0, 0.05) is 56.7 Å². The Labute approximate surface area is 234 Å². The molecule has 0 aliphatic carbocycles. The Morgan fingerprint density at radius 2 is 1.65 bits per heavy atom. The van der Waals surface area contributed by atoms with Crippen molar-refractivity contribution >= 4 is 34.3 Å². The molecule has 40 heavy (non-hydrogen) atoms. The van der Waals surface area contributed by atoms with Gasteiger partial charge in [0.05, 0.1) is 40.6 Å². The second kappa shape index (κ2) is 9.88. The van der Waals surface area contributed by atoms with Gasteiger partial charge in [0.25, 0.3) is 0 Å². The highest BCUT2D eigenvalue weighted by Gasteiger charge is 2.32. The minimum Gasteiger partial charge on any atom is -0.354 e. The minimum atomic E-state index is -0.625. The molecule has 2 aliphatic heterocycles. The van der Waals surface area contributed by atoms with E-state index in [0.29, 0.717) is 23.3 Å². The summed E-state index contributed by atoms with van der Waals surface area (Å²) in [4.78, 5) is 36.0. The summed E-state index contributed by atoms with van der Waals surface area (Å²) in [7, 11) is 3.93. The molecule has 0 saturated carbocycles. The fraction of sp³-hybridized carbons (Fsp3) is 0.323. The SMILES string of the molecule is CN1CCN(c2ccc(-c3ccc4ncc5c(c4n3)N(c3ccc(C(C)(C)C#N)cc3)C(=O)N(C)C5)cn2)CC1. The van der Waals surface area contributed by atoms with E-state index in [1.165, 1.54) is 0 Å². The largest absolute Gasteiger partial charge is 0.354 e. The lowest BCUT2D eigenvalue weighted by Crippen LogP contribution is -2.44. The molecule has 9 nitrogen and oxygen atoms in total. The van der Waals surface area contributed by atoms with E-state index in [-0.39, 0.29) is 6.03 Å². The Morgan fingerprint density at radius 1 is 0.900 bits per heavy atom. The summed E-state index contributed by atoms with van der Waals surface area (Å²) in [5.41, 5.74) is 5.71. The van der Waals surface area contributed by atoms with E-state index < -0.39 is 5.41 Å². The summed E-state index contributed by atoms with van der Waals surface area (Å²) < 4.78 is 0. The van der Waals surface area contributed by atoms with Crippen molar-refractivity contribution in [3.63, 3.8) is 0 Å². The molecule has 0 radical (unpaired) electrons. The van der Waals surface area contributed by atoms with Crippen LogP contribution in [0, 0.1) is 11.3 Å². The number of aromatic nitrogens is 3. The Bertz CT molecular complexity index is 1620. The van der Waals surface area contributed by atoms with E-state index in [1.54, 1.807) is 16.8 Å². The third kappa shape index (κ3) is 4.50. The second-order valence-corrected chi connectivity index (χ2v) is 11.1. The van der Waals surface area contributed by atoms with Gasteiger partial charge in [-0.1, -0.05) is 12.1 Å². The monoisotopic (exact) mass is 532 g/mol. The van der Waals surface area contributed by atoms with Crippen molar-refractivity contribution in [1.82, 2.24) is 24.8 Å². The zero-order chi connectivity index (χ0) is 28.0. The molecule has 0 atom stereocenters. The highest BCUT2D eigenvalue weighted by Crippen LogP contribution is 2.39. The smallest absolute Gasteiger partial charge is 0.329 e. The molecule has 0 bridgehead atoms. The van der Waals surface area contributed by atoms with E-state index in [1.807, 2.05) is 62.6 Å². The van der Waals surface area contributed by atoms with Gasteiger partial charge in [-0.15, -0.1) is 0 Å². The van der Waals surface area contributed by atoms with Gasteiger partial charge >= 0.3 is 6.03 Å². The molecule has 202 valence electrons. The first-order valence-electron chi connectivity index (χ1n) is 13.5. The number of hydrogen-bond acceptors (Lipinski definition) is 7. The van der Waals surface area contributed by atoms with Crippen LogP contribution < -0.4 is 9.80 Å². The van der Waals surface area contributed by atoms with Crippen molar-refractivity contribution in [2.45, 2.75) is 25.8 Å². The first-order chi connectivity index (χ1) is 19.2. The minimum absolute atomic E-state index is 0.141. The molecule has 9 heteroatoms. The third-order valence-corrected chi connectivity index (χ3v) is 7.91. The van der Waals surface area contributed by atoms with Crippen LogP contribution in [0.2, 0.25) is 0 Å². The summed E-state index contributed by atoms with van der Waals surface area (Å²) in [6.07, 6.45) is 3.70. The number of likely N-dealkylation sites (N-methyl/N-ethyl adjacent to an activating group) is 1. The Morgan fingerprint density at radius 3 is 2.33 bits per heavy atom. The lowest BCUT2D eigenvalue weighted by atomic mass is 9.86. The van der Waals surface area contributed by atoms with E-state index in [2.05, 4.69) is 40.0 Å². The number of anilines is 3. The maximum atomic E-state index is 13.6. The summed E-state index contributed by atoms with van der Waals surface area (Å²) in [6, 6.07) is 17.8. The molecule has 0 spiro atoms. The summed E-state index contributed by atoms with van der Waals surface area (Å²) >= 11 is 0. The van der Waals surface area contributed by atoms with Gasteiger partial charge in [0.2, 0.25) is 0 Å². The normalized spacial score (nSPS) is 16.3. The summed E-state index contributed by atoms with van der Waals surface area (Å²) in [5.74, 6) is 0.972. The fourth-order valence-electron chi connectivity index (χ4n) is 5.30. The first-order valence-corrected chi connectivity index (χ1v) is 13.5. The molecule has 4 aromatic rings. The third-order valence-electron chi connectivity index (χ3n) is 7.91. The maximum Gasteiger partial charge on any atom is 0.329 e. The lowest BCUT2D eigenvalue weighted by Gasteiger charge is -2.35. The van der Waals surface area contributed by atoms with Gasteiger partial charge < -0.3 is 14.7 Å². The number of nitrogens with zero attached hydrogens (tertiary/aromatic N) is 8. The van der Waals surface area contributed by atoms with Crippen LogP contribution in [-0.4, -0.2) is 71.1 Å². The molecular formula is C31H32N8O. The standard InChI is InChI=1S/C31H32N8O/c1-31(2,20-32)23-6-8-24(9-7-23)39-29-22(19-37(4)30(39)40)18-33-26-11-10-25(35-28(26)29)21-5-12-27(34-17-21)38-15-13-36(3)14-16-38/h5-12,17-18H,13-16,19H2,1-4H3. The van der Waals surface area contributed by atoms with Crippen LogP contribution >= 0.6 is 0 Å². The van der Waals surface area contributed by atoms with Crippen molar-refractivity contribution in [2.24, 2.45) is 0 Å². The van der Waals surface area contributed by atoms with Crippen LogP contribution in [0.1, 0.15) is 25.0 Å². The van der Waals surface area contributed by atoms with Crippen molar-refractivity contribution in [1.29, 1.82) is 5.26 Å². The Balaban J connectivity index is 1.40. The number of urea groups is 1. The number of rotatable bonds is 4. The van der Waals surface area contributed by atoms with Crippen molar-refractivity contribution in [3.8, 4) is 17.3 Å². The van der Waals surface area contributed by atoms with Crippen molar-refractivity contribution < 1.29 is 4.79 Å². The second-order valence-electron chi connectivity index (χ2n) is 11.1. The summed E-state index contributed by atoms with van der Waals surface area (Å²) in [5, 5.41) is 9.56. The zero-order valence-corrected chi connectivity index (χ0v) is 23.3. The Kier molecular flexibility index (Phi) is 6.35. The van der Waals surface area contributed by atoms with Gasteiger partial charge in [-0.2, -0.15) is 5.26 Å². The van der Waals surface area contributed by atoms with E-state index >= 15 is 0 Å². The predicted molar refractivity (Wildman–Crippen MR) is 157 cm³/mol. The van der Waals surface area contributed by atoms with Crippen LogP contribution in [0.3, 0.4) is 0 Å². The molecule has 2 amide bonds. The molecule has 1 aromatic carbocycles. The van der Waals surface area contributed by atoms with Gasteiger partial charge in [-0.25, -0.2) is 14.8 Å². The number of piperazine rings is 1. The molecule has 3 aromatic heterocycles. The van der Waals surface area contributed by atoms with Crippen LogP contribution in [0.5, 0.6) is 0 Å². The average Bonchev–Trinajstić information content (AvgIpc) is 2.98. The molecular weight excluding hydrogens is 500 g/mol. The van der Waals surface area contributed by atoms with Crippen molar-refractivity contribution in [3.05, 3.63) is 72.1 Å². The van der Waals surface area contributed by atoms with Crippen molar-refractivity contribution in [2.75, 3.05) is 50.1 Å². The van der Waals surface area contributed by atoms with E-state index in [0.717, 1.165) is 60.1 Å². The van der Waals surface area contributed by atoms with E-state index in [4.69, 9.17) is 9.97 Å². The molecule has 1 saturated heterocycles. The number of pyridine rings is 3. The molecule has 6 rings (SSSR count). The van der Waals surface area contributed by atoms with Crippen LogP contribution in [0.25, 0.3) is 22.3 Å². The predicted octanol–water partition coefficient (Wildman–Crippen LogP) is 4.95. The molecule has 2 aliphatic rings. The number of fused-ring (bicyclic) bond motifs is 3. The van der Waals surface area contributed by atoms with Gasteiger partial charge in [-0.3, -0.25) is 9.88 Å². The molecule has 0 N–H and O–H groups in total. The van der Waals surface area contributed by atoms with Gasteiger partial charge in [-0.05, 0) is 62.9 Å². The zero-order valence-electron chi connectivity index (χ0n) is 23.3. The van der Waals surface area contributed by atoms with Crippen LogP contribution in [0.4, 0.5) is 22.0 Å².